The van der Waals surface area contributed by atoms with E-state index >= 15 is 0 Å². The third-order valence-corrected chi connectivity index (χ3v) is 6.88. The molecular formula is C26H30Cl2F2N4OS. The number of likely N-dealkylation sites (tertiary alicyclic amines) is 1. The molecule has 5 nitrogen and oxygen atoms in total. The maximum atomic E-state index is 13.8. The van der Waals surface area contributed by atoms with Crippen molar-refractivity contribution in [3.05, 3.63) is 69.7 Å². The minimum Gasteiger partial charge on any atom is -0.360 e. The Balaban J connectivity index is 1.23. The van der Waals surface area contributed by atoms with Crippen LogP contribution in [0.15, 0.2) is 42.5 Å². The van der Waals surface area contributed by atoms with E-state index in [0.717, 1.165) is 63.4 Å². The van der Waals surface area contributed by atoms with Gasteiger partial charge in [0.1, 0.15) is 11.6 Å². The topological polar surface area (TPSA) is 56.4 Å². The van der Waals surface area contributed by atoms with Gasteiger partial charge in [0.15, 0.2) is 5.11 Å². The molecule has 0 atom stereocenters. The fraction of sp³-hybridized carbons (Fsp3) is 0.385. The number of carbonyl (C=O) groups is 1. The van der Waals surface area contributed by atoms with Crippen LogP contribution in [0.5, 0.6) is 0 Å². The SMILES string of the molecule is O=C(/C=C/c1ccc(Cl)c(Cl)c1)NCCCCCN1CCC(NC(=S)Nc2ccc(F)cc2F)CC1. The number of carbonyl (C=O) groups excluding carboxylic acids is 1. The Kier molecular flexibility index (Phi) is 11.4. The molecule has 194 valence electrons. The van der Waals surface area contributed by atoms with Crippen LogP contribution in [-0.2, 0) is 4.79 Å². The van der Waals surface area contributed by atoms with Gasteiger partial charge in [-0.1, -0.05) is 35.7 Å². The first-order valence-electron chi connectivity index (χ1n) is 12.0. The molecule has 36 heavy (non-hydrogen) atoms. The van der Waals surface area contributed by atoms with Crippen molar-refractivity contribution in [2.45, 2.75) is 38.1 Å². The lowest BCUT2D eigenvalue weighted by molar-refractivity contribution is -0.116. The monoisotopic (exact) mass is 554 g/mol. The second kappa shape index (κ2) is 14.5. The third kappa shape index (κ3) is 9.65. The molecule has 3 rings (SSSR count). The van der Waals surface area contributed by atoms with Crippen molar-refractivity contribution >= 4 is 58.2 Å². The van der Waals surface area contributed by atoms with Crippen LogP contribution in [0, 0.1) is 11.6 Å². The average Bonchev–Trinajstić information content (AvgIpc) is 2.85. The second-order valence-corrected chi connectivity index (χ2v) is 9.92. The first kappa shape index (κ1) is 28.3. The summed E-state index contributed by atoms with van der Waals surface area (Å²) in [5.74, 6) is -1.43. The Labute approximate surface area is 226 Å². The Morgan fingerprint density at radius 2 is 1.83 bits per heavy atom. The predicted octanol–water partition coefficient (Wildman–Crippen LogP) is 6.02. The summed E-state index contributed by atoms with van der Waals surface area (Å²) in [7, 11) is 0. The number of halogens is 4. The van der Waals surface area contributed by atoms with Crippen LogP contribution in [0.1, 0.15) is 37.7 Å². The molecule has 0 unspecified atom stereocenters. The first-order valence-corrected chi connectivity index (χ1v) is 13.1. The van der Waals surface area contributed by atoms with Gasteiger partial charge in [-0.25, -0.2) is 8.78 Å². The van der Waals surface area contributed by atoms with E-state index in [1.54, 1.807) is 24.3 Å². The van der Waals surface area contributed by atoms with Gasteiger partial charge in [-0.05, 0) is 80.4 Å². The molecule has 0 bridgehead atoms. The van der Waals surface area contributed by atoms with Gasteiger partial charge in [0.25, 0.3) is 0 Å². The molecule has 1 heterocycles. The van der Waals surface area contributed by atoms with Crippen molar-refractivity contribution in [2.75, 3.05) is 31.5 Å². The normalized spacial score (nSPS) is 14.7. The molecule has 10 heteroatoms. The predicted molar refractivity (Wildman–Crippen MR) is 148 cm³/mol. The zero-order valence-electron chi connectivity index (χ0n) is 19.8. The van der Waals surface area contributed by atoms with Gasteiger partial charge in [-0.15, -0.1) is 0 Å². The number of thiocarbonyl (C=S) groups is 1. The lowest BCUT2D eigenvalue weighted by Gasteiger charge is -2.33. The number of anilines is 1. The molecule has 0 spiro atoms. The summed E-state index contributed by atoms with van der Waals surface area (Å²) in [6.07, 6.45) is 8.10. The summed E-state index contributed by atoms with van der Waals surface area (Å²) < 4.78 is 26.8. The van der Waals surface area contributed by atoms with E-state index in [1.165, 1.54) is 18.2 Å². The van der Waals surface area contributed by atoms with Gasteiger partial charge in [0.05, 0.1) is 15.7 Å². The van der Waals surface area contributed by atoms with E-state index in [-0.39, 0.29) is 17.6 Å². The molecule has 1 aliphatic rings. The second-order valence-electron chi connectivity index (χ2n) is 8.70. The van der Waals surface area contributed by atoms with Crippen LogP contribution < -0.4 is 16.0 Å². The van der Waals surface area contributed by atoms with Gasteiger partial charge < -0.3 is 20.9 Å². The van der Waals surface area contributed by atoms with Crippen LogP contribution in [0.25, 0.3) is 6.08 Å². The number of hydrogen-bond acceptors (Lipinski definition) is 3. The molecule has 3 N–H and O–H groups in total. The maximum Gasteiger partial charge on any atom is 0.243 e. The lowest BCUT2D eigenvalue weighted by atomic mass is 10.0. The Morgan fingerprint density at radius 1 is 1.06 bits per heavy atom. The minimum absolute atomic E-state index is 0.134. The molecule has 1 amide bonds. The van der Waals surface area contributed by atoms with Crippen LogP contribution in [0.4, 0.5) is 14.5 Å². The molecule has 1 fully saturated rings. The fourth-order valence-electron chi connectivity index (χ4n) is 3.93. The maximum absolute atomic E-state index is 13.8. The summed E-state index contributed by atoms with van der Waals surface area (Å²) in [4.78, 5) is 14.4. The van der Waals surface area contributed by atoms with Crippen LogP contribution in [-0.4, -0.2) is 48.1 Å². The molecule has 0 aliphatic carbocycles. The van der Waals surface area contributed by atoms with Crippen molar-refractivity contribution in [3.63, 3.8) is 0 Å². The third-order valence-electron chi connectivity index (χ3n) is 5.92. The molecule has 2 aromatic carbocycles. The largest absolute Gasteiger partial charge is 0.360 e. The summed E-state index contributed by atoms with van der Waals surface area (Å²) in [6.45, 7) is 3.57. The van der Waals surface area contributed by atoms with E-state index in [1.807, 2.05) is 0 Å². The van der Waals surface area contributed by atoms with Gasteiger partial charge in [0.2, 0.25) is 5.91 Å². The number of nitrogens with one attached hydrogen (secondary N) is 3. The Hall–Kier alpha value is -2.26. The minimum atomic E-state index is -0.673. The number of unbranched alkanes of at least 4 members (excludes halogenated alkanes) is 2. The quantitative estimate of drug-likeness (QED) is 0.190. The van der Waals surface area contributed by atoms with Gasteiger partial charge in [-0.3, -0.25) is 4.79 Å². The van der Waals surface area contributed by atoms with Crippen LogP contribution >= 0.6 is 35.4 Å². The highest BCUT2D eigenvalue weighted by Gasteiger charge is 2.19. The van der Waals surface area contributed by atoms with Crippen molar-refractivity contribution in [2.24, 2.45) is 0 Å². The van der Waals surface area contributed by atoms with E-state index in [9.17, 15) is 13.6 Å². The summed E-state index contributed by atoms with van der Waals surface area (Å²) in [5.41, 5.74) is 0.975. The zero-order valence-corrected chi connectivity index (χ0v) is 22.2. The van der Waals surface area contributed by atoms with Crippen molar-refractivity contribution in [1.82, 2.24) is 15.5 Å². The number of nitrogens with zero attached hydrogens (tertiary/aromatic N) is 1. The van der Waals surface area contributed by atoms with E-state index in [2.05, 4.69) is 20.9 Å². The smallest absolute Gasteiger partial charge is 0.243 e. The average molecular weight is 556 g/mol. The van der Waals surface area contributed by atoms with E-state index in [0.29, 0.717) is 21.7 Å². The molecule has 1 saturated heterocycles. The first-order chi connectivity index (χ1) is 17.3. The number of piperidine rings is 1. The van der Waals surface area contributed by atoms with Gasteiger partial charge >= 0.3 is 0 Å². The standard InChI is InChI=1S/C26H30Cl2F2N4OS/c27-21-7-4-18(16-22(21)28)5-9-25(35)31-12-2-1-3-13-34-14-10-20(11-15-34)32-26(36)33-24-8-6-19(29)17-23(24)30/h4-9,16-17,20H,1-3,10-15H2,(H,31,35)(H2,32,33,36)/b9-5+. The highest BCUT2D eigenvalue weighted by atomic mass is 35.5. The van der Waals surface area contributed by atoms with Crippen LogP contribution in [0.3, 0.4) is 0 Å². The van der Waals surface area contributed by atoms with Gasteiger partial charge in [0, 0.05) is 37.8 Å². The number of rotatable bonds is 10. The van der Waals surface area contributed by atoms with Gasteiger partial charge in [-0.2, -0.15) is 0 Å². The molecule has 1 aliphatic heterocycles. The number of amides is 1. The number of benzene rings is 2. The van der Waals surface area contributed by atoms with E-state index < -0.39 is 11.6 Å². The lowest BCUT2D eigenvalue weighted by Crippen LogP contribution is -2.46. The fourth-order valence-corrected chi connectivity index (χ4v) is 4.51. The summed E-state index contributed by atoms with van der Waals surface area (Å²) in [6, 6.07) is 8.79. The van der Waals surface area contributed by atoms with Crippen molar-refractivity contribution < 1.29 is 13.6 Å². The Morgan fingerprint density at radius 3 is 2.56 bits per heavy atom. The van der Waals surface area contributed by atoms with Crippen LogP contribution in [0.2, 0.25) is 10.0 Å². The molecular weight excluding hydrogens is 525 g/mol. The number of hydrogen-bond donors (Lipinski definition) is 3. The Bertz CT molecular complexity index is 1080. The van der Waals surface area contributed by atoms with Crippen molar-refractivity contribution in [3.8, 4) is 0 Å². The molecule has 0 aromatic heterocycles. The molecule has 0 saturated carbocycles. The molecule has 2 aromatic rings. The van der Waals surface area contributed by atoms with E-state index in [4.69, 9.17) is 35.4 Å². The van der Waals surface area contributed by atoms with Crippen molar-refractivity contribution in [1.29, 1.82) is 0 Å². The summed E-state index contributed by atoms with van der Waals surface area (Å²) in [5, 5.41) is 10.2. The summed E-state index contributed by atoms with van der Waals surface area (Å²) >= 11 is 17.1. The highest BCUT2D eigenvalue weighted by molar-refractivity contribution is 7.80. The zero-order chi connectivity index (χ0) is 25.9. The molecule has 0 radical (unpaired) electrons. The highest BCUT2D eigenvalue weighted by Crippen LogP contribution is 2.23.